The Morgan fingerprint density at radius 2 is 2.23 bits per heavy atom. The first-order valence-electron chi connectivity index (χ1n) is 6.98. The summed E-state index contributed by atoms with van der Waals surface area (Å²) in [5, 5.41) is 10.4. The Kier molecular flexibility index (Phi) is 3.74. The third kappa shape index (κ3) is 2.63. The molecule has 0 saturated heterocycles. The number of hydrogen-bond acceptors (Lipinski definition) is 6. The van der Waals surface area contributed by atoms with Crippen LogP contribution in [0.3, 0.4) is 0 Å². The highest BCUT2D eigenvalue weighted by molar-refractivity contribution is 5.98. The van der Waals surface area contributed by atoms with Crippen LogP contribution in [0.5, 0.6) is 11.6 Å². The molecule has 0 aliphatic carbocycles. The number of nitrogens with zero attached hydrogens (tertiary/aromatic N) is 3. The number of hydrogen-bond donors (Lipinski definition) is 2. The quantitative estimate of drug-likeness (QED) is 0.832. The molecule has 1 aliphatic rings. The second-order valence-electron chi connectivity index (χ2n) is 5.05. The summed E-state index contributed by atoms with van der Waals surface area (Å²) in [5.74, 6) is 0.503. The van der Waals surface area contributed by atoms with E-state index in [0.29, 0.717) is 28.8 Å². The van der Waals surface area contributed by atoms with Crippen LogP contribution >= 0.6 is 0 Å². The number of rotatable bonds is 3. The molecular weight excluding hydrogens is 284 g/mol. The molecule has 0 saturated carbocycles. The van der Waals surface area contributed by atoms with E-state index >= 15 is 0 Å². The number of nitrogens with two attached hydrogens (primary N) is 1. The maximum absolute atomic E-state index is 11.6. The van der Waals surface area contributed by atoms with Crippen molar-refractivity contribution in [2.45, 2.75) is 25.8 Å². The Bertz CT molecular complexity index is 720. The Morgan fingerprint density at radius 3 is 3.00 bits per heavy atom. The summed E-state index contributed by atoms with van der Waals surface area (Å²) < 4.78 is 5.71. The fourth-order valence-electron chi connectivity index (χ4n) is 2.34. The van der Waals surface area contributed by atoms with Crippen LogP contribution in [-0.4, -0.2) is 27.1 Å². The number of hydroxylamine groups is 1. The smallest absolute Gasteiger partial charge is 0.267 e. The van der Waals surface area contributed by atoms with Gasteiger partial charge in [0, 0.05) is 11.8 Å². The lowest BCUT2D eigenvalue weighted by atomic mass is 9.99. The van der Waals surface area contributed by atoms with Crippen molar-refractivity contribution in [1.29, 1.82) is 0 Å². The molecule has 3 N–H and O–H groups in total. The summed E-state index contributed by atoms with van der Waals surface area (Å²) in [7, 11) is 0. The van der Waals surface area contributed by atoms with Gasteiger partial charge in [0.1, 0.15) is 12.1 Å². The SMILES string of the molecule is CCc1cc(Oc2ccc3c(c2)CC(N)C(=O)N3O)ncn1. The van der Waals surface area contributed by atoms with Crippen LogP contribution < -0.4 is 15.5 Å². The van der Waals surface area contributed by atoms with E-state index in [0.717, 1.165) is 17.7 Å². The zero-order valence-electron chi connectivity index (χ0n) is 12.1. The Hall–Kier alpha value is -2.51. The molecule has 22 heavy (non-hydrogen) atoms. The molecule has 2 aromatic rings. The summed E-state index contributed by atoms with van der Waals surface area (Å²) in [6.07, 6.45) is 2.60. The summed E-state index contributed by atoms with van der Waals surface area (Å²) in [6, 6.07) is 6.06. The van der Waals surface area contributed by atoms with Crippen molar-refractivity contribution in [3.63, 3.8) is 0 Å². The number of aromatic nitrogens is 2. The maximum atomic E-state index is 11.6. The molecule has 1 aromatic heterocycles. The van der Waals surface area contributed by atoms with Gasteiger partial charge in [-0.05, 0) is 36.6 Å². The minimum absolute atomic E-state index is 0.354. The van der Waals surface area contributed by atoms with E-state index < -0.39 is 11.9 Å². The fraction of sp³-hybridized carbons (Fsp3) is 0.267. The molecule has 1 unspecified atom stereocenters. The van der Waals surface area contributed by atoms with E-state index in [4.69, 9.17) is 10.5 Å². The molecule has 2 heterocycles. The maximum Gasteiger partial charge on any atom is 0.267 e. The largest absolute Gasteiger partial charge is 0.439 e. The van der Waals surface area contributed by atoms with Crippen molar-refractivity contribution in [2.75, 3.05) is 5.06 Å². The van der Waals surface area contributed by atoms with Crippen LogP contribution in [0.25, 0.3) is 0 Å². The van der Waals surface area contributed by atoms with Crippen LogP contribution in [0.15, 0.2) is 30.6 Å². The second-order valence-corrected chi connectivity index (χ2v) is 5.05. The van der Waals surface area contributed by atoms with Gasteiger partial charge in [-0.25, -0.2) is 9.97 Å². The van der Waals surface area contributed by atoms with Gasteiger partial charge in [-0.3, -0.25) is 10.0 Å². The molecule has 0 bridgehead atoms. The van der Waals surface area contributed by atoms with Gasteiger partial charge in [0.25, 0.3) is 5.91 Å². The molecule has 0 fully saturated rings. The van der Waals surface area contributed by atoms with Crippen molar-refractivity contribution in [3.8, 4) is 11.6 Å². The third-order valence-electron chi connectivity index (χ3n) is 3.53. The molecule has 3 rings (SSSR count). The Labute approximate surface area is 127 Å². The molecule has 0 spiro atoms. The molecule has 0 radical (unpaired) electrons. The van der Waals surface area contributed by atoms with Gasteiger partial charge in [-0.2, -0.15) is 5.06 Å². The molecule has 1 aromatic carbocycles. The lowest BCUT2D eigenvalue weighted by Crippen LogP contribution is -2.47. The molecule has 7 heteroatoms. The van der Waals surface area contributed by atoms with Gasteiger partial charge in [-0.1, -0.05) is 6.92 Å². The van der Waals surface area contributed by atoms with Crippen LogP contribution in [0, 0.1) is 0 Å². The van der Waals surface area contributed by atoms with Crippen molar-refractivity contribution in [3.05, 3.63) is 41.9 Å². The molecule has 1 atom stereocenters. The third-order valence-corrected chi connectivity index (χ3v) is 3.53. The van der Waals surface area contributed by atoms with Crippen molar-refractivity contribution >= 4 is 11.6 Å². The van der Waals surface area contributed by atoms with Crippen molar-refractivity contribution < 1.29 is 14.7 Å². The highest BCUT2D eigenvalue weighted by Gasteiger charge is 2.29. The summed E-state index contributed by atoms with van der Waals surface area (Å²) in [5.41, 5.74) is 7.77. The monoisotopic (exact) mass is 300 g/mol. The van der Waals surface area contributed by atoms with E-state index in [1.165, 1.54) is 6.33 Å². The summed E-state index contributed by atoms with van der Waals surface area (Å²) in [6.45, 7) is 2.00. The topological polar surface area (TPSA) is 102 Å². The minimum atomic E-state index is -0.751. The molecule has 7 nitrogen and oxygen atoms in total. The van der Waals surface area contributed by atoms with E-state index in [1.54, 1.807) is 24.3 Å². The lowest BCUT2D eigenvalue weighted by molar-refractivity contribution is -0.125. The number of benzene rings is 1. The second kappa shape index (κ2) is 5.70. The van der Waals surface area contributed by atoms with Crippen LogP contribution in [0.4, 0.5) is 5.69 Å². The molecule has 1 amide bonds. The Morgan fingerprint density at radius 1 is 1.41 bits per heavy atom. The number of ether oxygens (including phenoxy) is 1. The molecular formula is C15H16N4O3. The number of amides is 1. The average molecular weight is 300 g/mol. The van der Waals surface area contributed by atoms with Crippen LogP contribution in [0.1, 0.15) is 18.2 Å². The zero-order valence-corrected chi connectivity index (χ0v) is 12.1. The number of anilines is 1. The first kappa shape index (κ1) is 14.4. The van der Waals surface area contributed by atoms with Gasteiger partial charge in [0.2, 0.25) is 5.88 Å². The van der Waals surface area contributed by atoms with E-state index in [-0.39, 0.29) is 0 Å². The Balaban J connectivity index is 1.87. The fourth-order valence-corrected chi connectivity index (χ4v) is 2.34. The number of carbonyl (C=O) groups is 1. The van der Waals surface area contributed by atoms with E-state index in [1.807, 2.05) is 6.92 Å². The zero-order chi connectivity index (χ0) is 15.7. The van der Waals surface area contributed by atoms with Gasteiger partial charge in [0.15, 0.2) is 0 Å². The van der Waals surface area contributed by atoms with Crippen LogP contribution in [0.2, 0.25) is 0 Å². The van der Waals surface area contributed by atoms with Crippen LogP contribution in [-0.2, 0) is 17.6 Å². The first-order valence-corrected chi connectivity index (χ1v) is 6.98. The number of carbonyl (C=O) groups excluding carboxylic acids is 1. The van der Waals surface area contributed by atoms with Gasteiger partial charge in [0.05, 0.1) is 11.7 Å². The van der Waals surface area contributed by atoms with Gasteiger partial charge < -0.3 is 10.5 Å². The summed E-state index contributed by atoms with van der Waals surface area (Å²) >= 11 is 0. The summed E-state index contributed by atoms with van der Waals surface area (Å²) in [4.78, 5) is 19.8. The van der Waals surface area contributed by atoms with E-state index in [2.05, 4.69) is 9.97 Å². The highest BCUT2D eigenvalue weighted by Crippen LogP contribution is 2.31. The molecule has 1 aliphatic heterocycles. The number of aryl methyl sites for hydroxylation is 1. The lowest BCUT2D eigenvalue weighted by Gasteiger charge is -2.27. The average Bonchev–Trinajstić information content (AvgIpc) is 2.53. The van der Waals surface area contributed by atoms with Crippen molar-refractivity contribution in [2.24, 2.45) is 5.73 Å². The van der Waals surface area contributed by atoms with E-state index in [9.17, 15) is 10.0 Å². The van der Waals surface area contributed by atoms with Gasteiger partial charge >= 0.3 is 0 Å². The number of fused-ring (bicyclic) bond motifs is 1. The minimum Gasteiger partial charge on any atom is -0.439 e. The predicted molar refractivity (Wildman–Crippen MR) is 78.9 cm³/mol. The first-order chi connectivity index (χ1) is 10.6. The molecule has 114 valence electrons. The van der Waals surface area contributed by atoms with Gasteiger partial charge in [-0.15, -0.1) is 0 Å². The van der Waals surface area contributed by atoms with Crippen molar-refractivity contribution in [1.82, 2.24) is 9.97 Å². The predicted octanol–water partition coefficient (Wildman–Crippen LogP) is 1.44. The highest BCUT2D eigenvalue weighted by atomic mass is 16.5. The normalized spacial score (nSPS) is 17.3. The standard InChI is InChI=1S/C15H16N4O3/c1-2-10-7-14(18-8-17-10)22-11-3-4-13-9(5-11)6-12(16)15(20)19(13)21/h3-5,7-8,12,21H,2,6,16H2,1H3.